The maximum Gasteiger partial charge on any atom is 0.272 e. The van der Waals surface area contributed by atoms with E-state index in [0.29, 0.717) is 5.69 Å². The maximum atomic E-state index is 11.5. The van der Waals surface area contributed by atoms with Gasteiger partial charge in [-0.05, 0) is 19.3 Å². The number of nitrogens with zero attached hydrogens (tertiary/aromatic N) is 2. The van der Waals surface area contributed by atoms with Crippen molar-refractivity contribution in [2.45, 2.75) is 31.3 Å². The topological polar surface area (TPSA) is 80.9 Å². The largest absolute Gasteiger partial charge is 0.346 e. The van der Waals surface area contributed by atoms with Crippen LogP contribution < -0.4 is 11.1 Å². The molecule has 2 rings (SSSR count). The average Bonchev–Trinajstić information content (AvgIpc) is 2.77. The van der Waals surface area contributed by atoms with E-state index in [0.717, 1.165) is 31.0 Å². The highest BCUT2D eigenvalue weighted by atomic mass is 32.1. The summed E-state index contributed by atoms with van der Waals surface area (Å²) < 4.78 is 7.64. The monoisotopic (exact) mass is 212 g/mol. The molecular weight excluding hydrogens is 200 g/mol. The van der Waals surface area contributed by atoms with Crippen molar-refractivity contribution in [2.75, 3.05) is 0 Å². The van der Waals surface area contributed by atoms with Crippen LogP contribution in [0.15, 0.2) is 6.20 Å². The third kappa shape index (κ3) is 1.91. The fraction of sp³-hybridized carbons (Fsp3) is 0.625. The van der Waals surface area contributed by atoms with Crippen molar-refractivity contribution in [3.8, 4) is 0 Å². The Bertz CT molecular complexity index is 313. The Morgan fingerprint density at radius 1 is 1.64 bits per heavy atom. The first-order valence-corrected chi connectivity index (χ1v) is 5.34. The summed E-state index contributed by atoms with van der Waals surface area (Å²) in [6.45, 7) is 0. The predicted molar refractivity (Wildman–Crippen MR) is 53.0 cm³/mol. The summed E-state index contributed by atoms with van der Waals surface area (Å²) in [6.07, 6.45) is 4.51. The Morgan fingerprint density at radius 3 is 3.07 bits per heavy atom. The van der Waals surface area contributed by atoms with Crippen LogP contribution in [0.2, 0.25) is 0 Å². The van der Waals surface area contributed by atoms with Gasteiger partial charge in [-0.15, -0.1) is 0 Å². The Morgan fingerprint density at radius 2 is 2.50 bits per heavy atom. The lowest BCUT2D eigenvalue weighted by Gasteiger charge is -2.15. The Hall–Kier alpha value is -1.01. The Kier molecular flexibility index (Phi) is 2.74. The number of nitrogens with two attached hydrogens (primary N) is 1. The fourth-order valence-electron chi connectivity index (χ4n) is 1.67. The number of rotatable bonds is 2. The van der Waals surface area contributed by atoms with Crippen LogP contribution in [0.1, 0.15) is 29.8 Å². The molecule has 0 aliphatic heterocycles. The molecule has 1 aliphatic carbocycles. The summed E-state index contributed by atoms with van der Waals surface area (Å²) in [5.74, 6) is -0.166. The van der Waals surface area contributed by atoms with E-state index in [9.17, 15) is 4.79 Å². The molecule has 1 aromatic heterocycles. The molecule has 1 aromatic rings. The quantitative estimate of drug-likeness (QED) is 0.731. The molecule has 0 spiro atoms. The fourth-order valence-corrected chi connectivity index (χ4v) is 2.09. The van der Waals surface area contributed by atoms with Gasteiger partial charge in [0.15, 0.2) is 5.69 Å². The Labute approximate surface area is 86.0 Å². The van der Waals surface area contributed by atoms with Crippen molar-refractivity contribution in [1.29, 1.82) is 0 Å². The molecule has 1 heterocycles. The van der Waals surface area contributed by atoms with E-state index in [1.54, 1.807) is 0 Å². The van der Waals surface area contributed by atoms with Crippen molar-refractivity contribution in [3.63, 3.8) is 0 Å². The number of carbonyl (C=O) groups is 1. The number of hydrogen-bond acceptors (Lipinski definition) is 5. The minimum Gasteiger partial charge on any atom is -0.346 e. The van der Waals surface area contributed by atoms with Crippen molar-refractivity contribution < 1.29 is 4.79 Å². The summed E-state index contributed by atoms with van der Waals surface area (Å²) in [7, 11) is 0. The van der Waals surface area contributed by atoms with E-state index in [-0.39, 0.29) is 18.0 Å². The van der Waals surface area contributed by atoms with Crippen LogP contribution in [-0.2, 0) is 0 Å². The van der Waals surface area contributed by atoms with Crippen LogP contribution in [0.5, 0.6) is 0 Å². The van der Waals surface area contributed by atoms with Crippen LogP contribution >= 0.6 is 11.7 Å². The van der Waals surface area contributed by atoms with Crippen molar-refractivity contribution >= 4 is 17.6 Å². The molecule has 1 fully saturated rings. The minimum absolute atomic E-state index is 0.0885. The number of hydrogen-bond donors (Lipinski definition) is 2. The molecule has 0 saturated heterocycles. The Balaban J connectivity index is 1.95. The molecule has 2 unspecified atom stereocenters. The van der Waals surface area contributed by atoms with Gasteiger partial charge in [-0.25, -0.2) is 0 Å². The molecule has 2 atom stereocenters. The molecule has 6 heteroatoms. The van der Waals surface area contributed by atoms with E-state index >= 15 is 0 Å². The summed E-state index contributed by atoms with van der Waals surface area (Å²) >= 11 is 1.03. The van der Waals surface area contributed by atoms with Gasteiger partial charge in [-0.1, -0.05) is 0 Å². The first kappa shape index (κ1) is 9.54. The zero-order valence-electron chi connectivity index (χ0n) is 7.64. The van der Waals surface area contributed by atoms with Crippen LogP contribution in [0.4, 0.5) is 0 Å². The van der Waals surface area contributed by atoms with Gasteiger partial charge < -0.3 is 11.1 Å². The lowest BCUT2D eigenvalue weighted by molar-refractivity contribution is 0.0930. The van der Waals surface area contributed by atoms with Crippen LogP contribution in [-0.4, -0.2) is 26.7 Å². The lowest BCUT2D eigenvalue weighted by atomic mass is 10.2. The first-order valence-electron chi connectivity index (χ1n) is 4.61. The van der Waals surface area contributed by atoms with Gasteiger partial charge in [0.1, 0.15) is 0 Å². The second kappa shape index (κ2) is 4.02. The molecule has 14 heavy (non-hydrogen) atoms. The zero-order valence-corrected chi connectivity index (χ0v) is 8.46. The van der Waals surface area contributed by atoms with E-state index in [1.807, 2.05) is 0 Å². The molecular formula is C8H12N4OS. The molecule has 3 N–H and O–H groups in total. The summed E-state index contributed by atoms with van der Waals surface area (Å²) in [4.78, 5) is 11.5. The highest BCUT2D eigenvalue weighted by Gasteiger charge is 2.26. The van der Waals surface area contributed by atoms with Crippen LogP contribution in [0.25, 0.3) is 0 Å². The molecule has 5 nitrogen and oxygen atoms in total. The SMILES string of the molecule is NC1CCCC1NC(=O)c1cnsn1. The smallest absolute Gasteiger partial charge is 0.272 e. The first-order chi connectivity index (χ1) is 6.77. The molecule has 1 aliphatic rings. The second-order valence-electron chi connectivity index (χ2n) is 3.47. The molecule has 0 radical (unpaired) electrons. The van der Waals surface area contributed by atoms with Gasteiger partial charge in [-0.3, -0.25) is 4.79 Å². The van der Waals surface area contributed by atoms with Crippen molar-refractivity contribution in [3.05, 3.63) is 11.9 Å². The van der Waals surface area contributed by atoms with Gasteiger partial charge in [-0.2, -0.15) is 8.75 Å². The highest BCUT2D eigenvalue weighted by molar-refractivity contribution is 6.99. The van der Waals surface area contributed by atoms with Gasteiger partial charge >= 0.3 is 0 Å². The molecule has 1 amide bonds. The number of amides is 1. The second-order valence-corrected chi connectivity index (χ2v) is 4.02. The zero-order chi connectivity index (χ0) is 9.97. The molecule has 76 valence electrons. The number of nitrogens with one attached hydrogen (secondary N) is 1. The number of aromatic nitrogens is 2. The predicted octanol–water partition coefficient (Wildman–Crippen LogP) is 0.148. The van der Waals surface area contributed by atoms with Gasteiger partial charge in [0.05, 0.1) is 17.9 Å². The van der Waals surface area contributed by atoms with Gasteiger partial charge in [0.25, 0.3) is 5.91 Å². The van der Waals surface area contributed by atoms with Crippen molar-refractivity contribution in [2.24, 2.45) is 5.73 Å². The van der Waals surface area contributed by atoms with Gasteiger partial charge in [0, 0.05) is 12.1 Å². The van der Waals surface area contributed by atoms with Crippen LogP contribution in [0, 0.1) is 0 Å². The minimum atomic E-state index is -0.166. The van der Waals surface area contributed by atoms with Crippen LogP contribution in [0.3, 0.4) is 0 Å². The third-order valence-corrected chi connectivity index (χ3v) is 2.96. The lowest BCUT2D eigenvalue weighted by Crippen LogP contribution is -2.44. The van der Waals surface area contributed by atoms with E-state index in [4.69, 9.17) is 5.73 Å². The van der Waals surface area contributed by atoms with Gasteiger partial charge in [0.2, 0.25) is 0 Å². The van der Waals surface area contributed by atoms with Crippen molar-refractivity contribution in [1.82, 2.24) is 14.1 Å². The molecule has 1 saturated carbocycles. The molecule has 0 bridgehead atoms. The van der Waals surface area contributed by atoms with E-state index in [1.165, 1.54) is 6.20 Å². The maximum absolute atomic E-state index is 11.5. The summed E-state index contributed by atoms with van der Waals surface area (Å²) in [5.41, 5.74) is 6.22. The standard InChI is InChI=1S/C8H12N4OS/c9-5-2-1-3-6(5)11-8(13)7-4-10-14-12-7/h4-6H,1-3,9H2,(H,11,13). The van der Waals surface area contributed by atoms with E-state index < -0.39 is 0 Å². The van der Waals surface area contributed by atoms with E-state index in [2.05, 4.69) is 14.1 Å². The normalized spacial score (nSPS) is 26.4. The summed E-state index contributed by atoms with van der Waals surface area (Å²) in [5, 5.41) is 2.87. The third-order valence-electron chi connectivity index (χ3n) is 2.48. The average molecular weight is 212 g/mol. The highest BCUT2D eigenvalue weighted by Crippen LogP contribution is 2.17. The molecule has 0 aromatic carbocycles. The summed E-state index contributed by atoms with van der Waals surface area (Å²) in [6, 6.07) is 0.190. The number of carbonyl (C=O) groups excluding carboxylic acids is 1.